The van der Waals surface area contributed by atoms with Crippen LogP contribution in [0.2, 0.25) is 5.02 Å². The fraction of sp³-hybridized carbons (Fsp3) is 0.200. The molecule has 0 aliphatic heterocycles. The van der Waals surface area contributed by atoms with Crippen molar-refractivity contribution in [1.29, 1.82) is 0 Å². The molecule has 6 heteroatoms. The molecule has 0 aromatic heterocycles. The Labute approximate surface area is 95.9 Å². The highest BCUT2D eigenvalue weighted by Gasteiger charge is 2.46. The SMILES string of the molecule is Cc1cc(C(O)(C(=O)O)C(=O)O)ccc1Cl. The first-order valence-corrected chi connectivity index (χ1v) is 4.63. The fourth-order valence-corrected chi connectivity index (χ4v) is 1.33. The molecule has 86 valence electrons. The predicted molar refractivity (Wildman–Crippen MR) is 55.4 cm³/mol. The van der Waals surface area contributed by atoms with Gasteiger partial charge in [-0.25, -0.2) is 9.59 Å². The lowest BCUT2D eigenvalue weighted by molar-refractivity contribution is -0.177. The summed E-state index contributed by atoms with van der Waals surface area (Å²) in [5.41, 5.74) is -2.70. The number of benzene rings is 1. The number of carboxylic acid groups (broad SMARTS) is 2. The van der Waals surface area contributed by atoms with Crippen LogP contribution in [-0.4, -0.2) is 27.3 Å². The first-order valence-electron chi connectivity index (χ1n) is 4.26. The molecule has 1 rings (SSSR count). The molecule has 3 N–H and O–H groups in total. The Morgan fingerprint density at radius 1 is 1.25 bits per heavy atom. The van der Waals surface area contributed by atoms with Crippen LogP contribution < -0.4 is 0 Å². The van der Waals surface area contributed by atoms with Gasteiger partial charge in [0.1, 0.15) is 0 Å². The van der Waals surface area contributed by atoms with E-state index in [4.69, 9.17) is 21.8 Å². The summed E-state index contributed by atoms with van der Waals surface area (Å²) in [5, 5.41) is 27.5. The number of aliphatic carboxylic acids is 2. The summed E-state index contributed by atoms with van der Waals surface area (Å²) < 4.78 is 0. The Kier molecular flexibility index (Phi) is 3.21. The van der Waals surface area contributed by atoms with Crippen LogP contribution in [0, 0.1) is 6.92 Å². The molecule has 0 heterocycles. The maximum Gasteiger partial charge on any atom is 0.352 e. The van der Waals surface area contributed by atoms with Crippen LogP contribution in [0.4, 0.5) is 0 Å². The number of aliphatic hydroxyl groups is 1. The van der Waals surface area contributed by atoms with Gasteiger partial charge in [0.05, 0.1) is 0 Å². The van der Waals surface area contributed by atoms with Crippen LogP contribution >= 0.6 is 11.6 Å². The molecule has 0 radical (unpaired) electrons. The van der Waals surface area contributed by atoms with Crippen LogP contribution in [0.5, 0.6) is 0 Å². The highest BCUT2D eigenvalue weighted by Crippen LogP contribution is 2.26. The monoisotopic (exact) mass is 244 g/mol. The van der Waals surface area contributed by atoms with Gasteiger partial charge in [-0.3, -0.25) is 0 Å². The van der Waals surface area contributed by atoms with E-state index in [1.165, 1.54) is 12.1 Å². The van der Waals surface area contributed by atoms with Crippen molar-refractivity contribution >= 4 is 23.5 Å². The van der Waals surface area contributed by atoms with Gasteiger partial charge in [-0.2, -0.15) is 0 Å². The van der Waals surface area contributed by atoms with Gasteiger partial charge in [-0.05, 0) is 18.6 Å². The Balaban J connectivity index is 3.39. The second-order valence-corrected chi connectivity index (χ2v) is 3.69. The quantitative estimate of drug-likeness (QED) is 0.690. The third-order valence-electron chi connectivity index (χ3n) is 2.19. The van der Waals surface area contributed by atoms with Crippen molar-refractivity contribution < 1.29 is 24.9 Å². The maximum absolute atomic E-state index is 10.8. The molecule has 0 spiro atoms. The number of hydrogen-bond acceptors (Lipinski definition) is 3. The molecule has 0 atom stereocenters. The van der Waals surface area contributed by atoms with Gasteiger partial charge in [0.2, 0.25) is 0 Å². The molecule has 1 aromatic carbocycles. The summed E-state index contributed by atoms with van der Waals surface area (Å²) in [7, 11) is 0. The molecule has 0 amide bonds. The second kappa shape index (κ2) is 4.11. The molecule has 16 heavy (non-hydrogen) atoms. The van der Waals surface area contributed by atoms with E-state index in [-0.39, 0.29) is 5.56 Å². The summed E-state index contributed by atoms with van der Waals surface area (Å²) in [4.78, 5) is 21.6. The topological polar surface area (TPSA) is 94.8 Å². The maximum atomic E-state index is 10.8. The minimum Gasteiger partial charge on any atom is -0.478 e. The highest BCUT2D eigenvalue weighted by molar-refractivity contribution is 6.31. The van der Waals surface area contributed by atoms with Crippen molar-refractivity contribution in [2.24, 2.45) is 0 Å². The molecule has 0 saturated carbocycles. The van der Waals surface area contributed by atoms with Crippen molar-refractivity contribution in [3.8, 4) is 0 Å². The first kappa shape index (κ1) is 12.5. The van der Waals surface area contributed by atoms with Crippen LogP contribution in [0.3, 0.4) is 0 Å². The standard InChI is InChI=1S/C10H9ClO5/c1-5-4-6(2-3-7(5)11)10(16,8(12)13)9(14)15/h2-4,16H,1H3,(H,12,13)(H,14,15). The molecule has 5 nitrogen and oxygen atoms in total. The van der Waals surface area contributed by atoms with E-state index in [0.29, 0.717) is 10.6 Å². The first-order chi connectivity index (χ1) is 7.30. The van der Waals surface area contributed by atoms with E-state index in [9.17, 15) is 14.7 Å². The van der Waals surface area contributed by atoms with Crippen LogP contribution in [0.1, 0.15) is 11.1 Å². The van der Waals surface area contributed by atoms with Gasteiger partial charge in [-0.1, -0.05) is 23.7 Å². The van der Waals surface area contributed by atoms with Gasteiger partial charge in [0.25, 0.3) is 5.60 Å². The van der Waals surface area contributed by atoms with Gasteiger partial charge < -0.3 is 15.3 Å². The summed E-state index contributed by atoms with van der Waals surface area (Å²) in [6, 6.07) is 3.73. The van der Waals surface area contributed by atoms with Crippen molar-refractivity contribution in [3.05, 3.63) is 34.3 Å². The molecule has 0 aliphatic rings. The van der Waals surface area contributed by atoms with Crippen molar-refractivity contribution in [3.63, 3.8) is 0 Å². The van der Waals surface area contributed by atoms with E-state index in [1.807, 2.05) is 0 Å². The van der Waals surface area contributed by atoms with E-state index < -0.39 is 17.5 Å². The minimum absolute atomic E-state index is 0.241. The molecular weight excluding hydrogens is 236 g/mol. The lowest BCUT2D eigenvalue weighted by atomic mass is 9.93. The third-order valence-corrected chi connectivity index (χ3v) is 2.62. The molecule has 1 aromatic rings. The molecule has 0 aliphatic carbocycles. The summed E-state index contributed by atoms with van der Waals surface area (Å²) in [6.45, 7) is 1.58. The molecule has 0 unspecified atom stereocenters. The fourth-order valence-electron chi connectivity index (χ4n) is 1.21. The van der Waals surface area contributed by atoms with Gasteiger partial charge >= 0.3 is 11.9 Å². The molecular formula is C10H9ClO5. The Bertz CT molecular complexity index is 441. The zero-order valence-electron chi connectivity index (χ0n) is 8.27. The average molecular weight is 245 g/mol. The number of aryl methyl sites for hydroxylation is 1. The molecule has 0 fully saturated rings. The second-order valence-electron chi connectivity index (χ2n) is 3.28. The zero-order chi connectivity index (χ0) is 12.5. The van der Waals surface area contributed by atoms with Gasteiger partial charge in [0.15, 0.2) is 0 Å². The summed E-state index contributed by atoms with van der Waals surface area (Å²) in [6.07, 6.45) is 0. The molecule has 0 saturated heterocycles. The van der Waals surface area contributed by atoms with Gasteiger partial charge in [-0.15, -0.1) is 0 Å². The number of hydrogen-bond donors (Lipinski definition) is 3. The van der Waals surface area contributed by atoms with Crippen molar-refractivity contribution in [1.82, 2.24) is 0 Å². The third kappa shape index (κ3) is 1.87. The minimum atomic E-state index is -2.95. The van der Waals surface area contributed by atoms with Crippen LogP contribution in [0.15, 0.2) is 18.2 Å². The lowest BCUT2D eigenvalue weighted by Gasteiger charge is -2.19. The normalized spacial score (nSPS) is 11.2. The Hall–Kier alpha value is -1.59. The predicted octanol–water partition coefficient (Wildman–Crippen LogP) is 1.01. The van der Waals surface area contributed by atoms with Gasteiger partial charge in [0, 0.05) is 10.6 Å². The number of halogens is 1. The van der Waals surface area contributed by atoms with Crippen molar-refractivity contribution in [2.45, 2.75) is 12.5 Å². The zero-order valence-corrected chi connectivity index (χ0v) is 9.02. The van der Waals surface area contributed by atoms with Crippen LogP contribution in [-0.2, 0) is 15.2 Å². The van der Waals surface area contributed by atoms with E-state index in [2.05, 4.69) is 0 Å². The highest BCUT2D eigenvalue weighted by atomic mass is 35.5. The van der Waals surface area contributed by atoms with Crippen molar-refractivity contribution in [2.75, 3.05) is 0 Å². The van der Waals surface area contributed by atoms with Crippen LogP contribution in [0.25, 0.3) is 0 Å². The number of carboxylic acids is 2. The van der Waals surface area contributed by atoms with E-state index in [0.717, 1.165) is 6.07 Å². The summed E-state index contributed by atoms with van der Waals surface area (Å²) in [5.74, 6) is -3.69. The number of carbonyl (C=O) groups is 2. The Morgan fingerprint density at radius 2 is 1.75 bits per heavy atom. The Morgan fingerprint density at radius 3 is 2.12 bits per heavy atom. The summed E-state index contributed by atoms with van der Waals surface area (Å²) >= 11 is 5.71. The average Bonchev–Trinajstić information content (AvgIpc) is 2.20. The van der Waals surface area contributed by atoms with E-state index in [1.54, 1.807) is 6.92 Å². The molecule has 0 bridgehead atoms. The largest absolute Gasteiger partial charge is 0.478 e. The smallest absolute Gasteiger partial charge is 0.352 e. The lowest BCUT2D eigenvalue weighted by Crippen LogP contribution is -2.43. The number of rotatable bonds is 3. The van der Waals surface area contributed by atoms with E-state index >= 15 is 0 Å².